The number of nitrogens with one attached hydrogen (secondary N) is 17. The van der Waals surface area contributed by atoms with E-state index in [0.29, 0.717) is 57.1 Å². The molecule has 2 heterocycles. The number of hydrogen-bond donors (Lipinski definition) is 29. The van der Waals surface area contributed by atoms with E-state index in [2.05, 4.69) is 90.4 Å². The minimum absolute atomic E-state index is 0.0205. The predicted molar refractivity (Wildman–Crippen MR) is 538 cm³/mol. The molecule has 0 saturated carbocycles. The van der Waals surface area contributed by atoms with Crippen LogP contribution in [0.25, 0.3) is 0 Å². The maximum absolute atomic E-state index is 14.6. The average molecular weight is 2120 g/mol. The van der Waals surface area contributed by atoms with E-state index >= 15 is 0 Å². The van der Waals surface area contributed by atoms with E-state index < -0.39 is 314 Å². The highest BCUT2D eigenvalue weighted by molar-refractivity contribution is 6.03. The molecular weight excluding hydrogens is 1950 g/mol. The van der Waals surface area contributed by atoms with E-state index in [4.69, 9.17) is 17.2 Å². The molecule has 2 aliphatic heterocycles. The minimum atomic E-state index is -1.97. The predicted octanol–water partition coefficient (Wildman–Crippen LogP) is -7.65. The van der Waals surface area contributed by atoms with Gasteiger partial charge in [-0.3, -0.25) is 95.9 Å². The zero-order valence-corrected chi connectivity index (χ0v) is 88.1. The summed E-state index contributed by atoms with van der Waals surface area (Å²) in [6.45, 7) is 20.5. The van der Waals surface area contributed by atoms with Gasteiger partial charge in [0.05, 0.1) is 44.7 Å². The van der Waals surface area contributed by atoms with Crippen LogP contribution in [0.3, 0.4) is 0 Å². The van der Waals surface area contributed by atoms with Crippen LogP contribution in [0.4, 0.5) is 0 Å². The molecule has 2 saturated heterocycles. The van der Waals surface area contributed by atoms with Crippen molar-refractivity contribution in [2.24, 2.45) is 52.7 Å². The van der Waals surface area contributed by atoms with E-state index in [-0.39, 0.29) is 101 Å². The molecule has 1 aromatic carbocycles. The van der Waals surface area contributed by atoms with Crippen molar-refractivity contribution in [1.29, 1.82) is 0 Å². The number of phenolic OH excluding ortho intramolecular Hbond substituents is 1. The Labute approximate surface area is 867 Å². The number of likely N-dealkylation sites (tertiary alicyclic amines) is 2. The fourth-order valence-electron chi connectivity index (χ4n) is 16.3. The van der Waals surface area contributed by atoms with Gasteiger partial charge in [-0.25, -0.2) is 4.79 Å². The molecule has 0 aromatic heterocycles. The van der Waals surface area contributed by atoms with E-state index in [1.165, 1.54) is 56.9 Å². The SMILES string of the molecule is CC[C@H](C)[C@H](NC(=O)[C@H](C)NC(=O)[C@H](CO)NC(=O)[C@H](CC(C)C)NC(=O)[C@H](CCC(=O)O)NC(=O)[C@@H](NC(=O)[C@@H]1CCCN1C(=O)[C@@H](NC(=O)[C@H](CO)NC(=O)[C@H](CO)NC(=O)[C@H](C)NC(=O)[C@H](CCCCN)NC(=O)[C@@H]1CCCN1C(=O)[C@@H](NC(=O)[C@@H](N)CCCCN)[C@@H](C)CC)C(C)C)[C@@H](C)O)C(=O)N[C@@H](CO)C(=O)N[C@H](C(=O)N[C@@H](CC(C)C)C(=O)N[C@@H](Cc1ccc(O)cc1)C(=O)N[C@@H](CC(C)C)C(=O)O)[C@@H](C)O. The number of nitrogens with zero attached hydrogens (tertiary/aromatic N) is 2. The number of carbonyl (C=O) groups excluding carboxylic acids is 19. The number of carboxylic acid groups (broad SMARTS) is 2. The molecule has 32 N–H and O–H groups in total. The van der Waals surface area contributed by atoms with Gasteiger partial charge in [-0.15, -0.1) is 0 Å². The van der Waals surface area contributed by atoms with Crippen LogP contribution >= 0.6 is 0 Å². The normalized spacial score (nSPS) is 17.9. The number of hydrogen-bond acceptors (Lipinski definition) is 31. The Balaban J connectivity index is 1.75. The molecule has 19 amide bonds. The molecule has 0 bridgehead atoms. The van der Waals surface area contributed by atoms with Crippen LogP contribution in [-0.4, -0.2) is 366 Å². The Morgan fingerprint density at radius 2 is 0.671 bits per heavy atom. The summed E-state index contributed by atoms with van der Waals surface area (Å²) in [5.41, 5.74) is 18.0. The first-order valence-electron chi connectivity index (χ1n) is 51.0. The number of aliphatic hydroxyl groups excluding tert-OH is 6. The van der Waals surface area contributed by atoms with E-state index in [9.17, 15) is 147 Å². The number of carbonyl (C=O) groups is 21. The van der Waals surface area contributed by atoms with Crippen molar-refractivity contribution in [1.82, 2.24) is 100 Å². The van der Waals surface area contributed by atoms with Crippen LogP contribution in [0.15, 0.2) is 24.3 Å². The van der Waals surface area contributed by atoms with Gasteiger partial charge in [0.15, 0.2) is 0 Å². The summed E-state index contributed by atoms with van der Waals surface area (Å²) in [6, 6.07) is -25.6. The molecule has 52 heteroatoms. The number of unbranched alkanes of at least 4 members (excludes halogenated alkanes) is 2. The number of nitrogens with two attached hydrogens (primary N) is 3. The van der Waals surface area contributed by atoms with Crippen LogP contribution in [0, 0.1) is 35.5 Å². The molecule has 3 rings (SSSR count). The number of amides is 19. The lowest BCUT2D eigenvalue weighted by atomic mass is 9.96. The summed E-state index contributed by atoms with van der Waals surface area (Å²) < 4.78 is 0. The zero-order valence-electron chi connectivity index (χ0n) is 88.1. The lowest BCUT2D eigenvalue weighted by Gasteiger charge is -2.32. The van der Waals surface area contributed by atoms with Gasteiger partial charge >= 0.3 is 11.9 Å². The number of phenols is 1. The lowest BCUT2D eigenvalue weighted by molar-refractivity contribution is -0.144. The van der Waals surface area contributed by atoms with Gasteiger partial charge in [-0.2, -0.15) is 0 Å². The molecule has 2 aliphatic rings. The number of aliphatic carboxylic acids is 2. The monoisotopic (exact) mass is 2120 g/mol. The van der Waals surface area contributed by atoms with Gasteiger partial charge in [0.2, 0.25) is 112 Å². The number of aromatic hydroxyl groups is 1. The number of carboxylic acids is 2. The second-order valence-corrected chi connectivity index (χ2v) is 39.8. The first kappa shape index (κ1) is 131. The summed E-state index contributed by atoms with van der Waals surface area (Å²) in [4.78, 5) is 294. The van der Waals surface area contributed by atoms with Gasteiger partial charge in [-0.05, 0) is 177 Å². The van der Waals surface area contributed by atoms with Gasteiger partial charge in [-0.1, -0.05) is 114 Å². The number of aliphatic hydroxyl groups is 6. The largest absolute Gasteiger partial charge is 0.508 e. The fourth-order valence-corrected chi connectivity index (χ4v) is 16.3. The van der Waals surface area contributed by atoms with Crippen molar-refractivity contribution in [2.45, 2.75) is 359 Å². The maximum atomic E-state index is 14.6. The number of benzene rings is 1. The molecule has 52 nitrogen and oxygen atoms in total. The maximum Gasteiger partial charge on any atom is 0.326 e. The standard InChI is InChI=1S/C97H164N22O30/c1-17-51(11)74(92(143)112-69(46-123)89(140)116-76(55(15)124)94(145)107-63(40-48(5)6)83(134)106-64(42-57-29-31-58(126)32-30-57)85(136)108-65(97(148)149)41-49(7)8)114-79(130)54(14)102-86(137)66(43-120)110-84(135)62(39-47(3)4)105-82(133)61(33-34-72(127)128)104-93(144)77(56(16)125)117-91(142)71-28-24-37-118(71)95(146)73(50(9)10)113-88(139)68(45-122)111-87(138)67(44-121)109-78(129)53(13)101-81(132)60(26-20-22-36-99)103-90(141)70-27-23-38-119(70)96(147)75(52(12)18-2)115-80(131)59(100)25-19-21-35-98/h29-32,47-56,59-71,73-77,120-126H,17-28,33-46,98-100H2,1-16H3,(H,101,132)(H,102,137)(H,103,141)(H,104,144)(H,105,133)(H,106,134)(H,107,145)(H,108,136)(H,109,129)(H,110,135)(H,111,138)(H,112,143)(H,113,139)(H,114,130)(H,115,131)(H,116,140)(H,117,142)(H,127,128)(H,148,149)/t51-,52-,53-,54-,55+,56+,59-,60-,61-,62-,63-,64-,65-,66-,67-,68-,69-,70-,71-,73-,74-,75-,76-,77-/m0/s1. The second kappa shape index (κ2) is 65.5. The number of rotatable bonds is 67. The Kier molecular flexibility index (Phi) is 57.4. The average Bonchev–Trinajstić information content (AvgIpc) is 1.71. The first-order chi connectivity index (χ1) is 70.0. The Hall–Kier alpha value is -12.5. The highest BCUT2D eigenvalue weighted by Crippen LogP contribution is 2.26. The topological polar surface area (TPSA) is 830 Å². The van der Waals surface area contributed by atoms with Crippen molar-refractivity contribution in [3.05, 3.63) is 29.8 Å². The summed E-state index contributed by atoms with van der Waals surface area (Å²) in [7, 11) is 0. The van der Waals surface area contributed by atoms with Gasteiger partial charge in [0, 0.05) is 25.9 Å². The van der Waals surface area contributed by atoms with Crippen molar-refractivity contribution >= 4 is 124 Å². The van der Waals surface area contributed by atoms with Crippen molar-refractivity contribution in [3.8, 4) is 5.75 Å². The van der Waals surface area contributed by atoms with Crippen LogP contribution in [-0.2, 0) is 107 Å². The highest BCUT2D eigenvalue weighted by Gasteiger charge is 2.46. The molecule has 0 spiro atoms. The summed E-state index contributed by atoms with van der Waals surface area (Å²) in [5, 5.41) is 135. The molecule has 0 radical (unpaired) electrons. The van der Waals surface area contributed by atoms with Crippen LogP contribution < -0.4 is 108 Å². The van der Waals surface area contributed by atoms with Gasteiger partial charge in [0.1, 0.15) is 121 Å². The Bertz CT molecular complexity index is 4630. The molecule has 1 aromatic rings. The third-order valence-corrected chi connectivity index (χ3v) is 25.5. The summed E-state index contributed by atoms with van der Waals surface area (Å²) in [6.07, 6.45) is -1.92. The van der Waals surface area contributed by atoms with E-state index in [0.717, 1.165) is 25.7 Å². The highest BCUT2D eigenvalue weighted by atomic mass is 16.4. The summed E-state index contributed by atoms with van der Waals surface area (Å²) >= 11 is 0. The van der Waals surface area contributed by atoms with Gasteiger partial charge < -0.3 is 163 Å². The first-order valence-corrected chi connectivity index (χ1v) is 51.0. The van der Waals surface area contributed by atoms with Crippen molar-refractivity contribution < 1.29 is 147 Å². The van der Waals surface area contributed by atoms with Gasteiger partial charge in [0.25, 0.3) is 0 Å². The fraction of sp³-hybridized carbons (Fsp3) is 0.722. The van der Waals surface area contributed by atoms with Crippen LogP contribution in [0.1, 0.15) is 225 Å². The summed E-state index contributed by atoms with van der Waals surface area (Å²) in [5.74, 6) is -25.2. The minimum Gasteiger partial charge on any atom is -0.508 e. The molecule has 842 valence electrons. The quantitative estimate of drug-likeness (QED) is 0.0269. The Morgan fingerprint density at radius 3 is 1.11 bits per heavy atom. The van der Waals surface area contributed by atoms with Crippen LogP contribution in [0.5, 0.6) is 5.75 Å². The third kappa shape index (κ3) is 43.2. The van der Waals surface area contributed by atoms with Crippen molar-refractivity contribution in [2.75, 3.05) is 52.6 Å². The smallest absolute Gasteiger partial charge is 0.326 e. The molecule has 149 heavy (non-hydrogen) atoms. The molecular formula is C97H164N22O30. The lowest BCUT2D eigenvalue weighted by Crippen LogP contribution is -2.63. The van der Waals surface area contributed by atoms with Crippen molar-refractivity contribution in [3.63, 3.8) is 0 Å². The van der Waals surface area contributed by atoms with E-state index in [1.807, 2.05) is 6.92 Å². The van der Waals surface area contributed by atoms with Crippen LogP contribution in [0.2, 0.25) is 0 Å². The molecule has 0 aliphatic carbocycles. The zero-order chi connectivity index (χ0) is 113. The molecule has 2 fully saturated rings. The Morgan fingerprint density at radius 1 is 0.349 bits per heavy atom. The molecule has 0 unspecified atom stereocenters. The van der Waals surface area contributed by atoms with E-state index in [1.54, 1.807) is 55.4 Å². The second-order valence-electron chi connectivity index (χ2n) is 39.8. The third-order valence-electron chi connectivity index (χ3n) is 25.5. The molecule has 24 atom stereocenters.